The molecule has 70 valence electrons. The average molecular weight is 181 g/mol. The Labute approximate surface area is 76.0 Å². The molecule has 1 aromatic heterocycles. The van der Waals surface area contributed by atoms with E-state index in [1.807, 2.05) is 4.90 Å². The maximum atomic E-state index is 9.06. The number of aromatic nitrogens is 2. The number of rotatable bonds is 2. The van der Waals surface area contributed by atoms with Crippen LogP contribution < -0.4 is 9.64 Å². The molecule has 2 heterocycles. The third-order valence-electron chi connectivity index (χ3n) is 2.00. The van der Waals surface area contributed by atoms with Crippen molar-refractivity contribution >= 4 is 5.95 Å². The van der Waals surface area contributed by atoms with E-state index in [-0.39, 0.29) is 6.10 Å². The minimum atomic E-state index is -0.231. The van der Waals surface area contributed by atoms with Crippen molar-refractivity contribution in [1.29, 1.82) is 0 Å². The Bertz CT molecular complexity index is 282. The third-order valence-corrected chi connectivity index (χ3v) is 2.00. The molecule has 0 bridgehead atoms. The van der Waals surface area contributed by atoms with E-state index >= 15 is 0 Å². The van der Waals surface area contributed by atoms with Gasteiger partial charge in [-0.1, -0.05) is 0 Å². The Kier molecular flexibility index (Phi) is 2.02. The lowest BCUT2D eigenvalue weighted by Gasteiger charge is -2.35. The molecule has 0 radical (unpaired) electrons. The maximum absolute atomic E-state index is 9.06. The highest BCUT2D eigenvalue weighted by Crippen LogP contribution is 2.16. The number of nitrogens with zero attached hydrogens (tertiary/aromatic N) is 3. The van der Waals surface area contributed by atoms with Crippen LogP contribution in [0.25, 0.3) is 0 Å². The molecule has 2 rings (SSSR count). The molecule has 0 atom stereocenters. The lowest BCUT2D eigenvalue weighted by Crippen LogP contribution is -2.51. The summed E-state index contributed by atoms with van der Waals surface area (Å²) in [6.45, 7) is 1.23. The second-order valence-corrected chi connectivity index (χ2v) is 2.98. The van der Waals surface area contributed by atoms with Crippen LogP contribution in [0.15, 0.2) is 12.4 Å². The van der Waals surface area contributed by atoms with Crippen LogP contribution in [0.5, 0.6) is 5.75 Å². The molecular weight excluding hydrogens is 170 g/mol. The average Bonchev–Trinajstić information content (AvgIpc) is 2.13. The number of hydrogen-bond donors (Lipinski definition) is 1. The summed E-state index contributed by atoms with van der Waals surface area (Å²) in [7, 11) is 1.58. The molecule has 1 aliphatic rings. The Morgan fingerprint density at radius 2 is 2.08 bits per heavy atom. The molecule has 0 spiro atoms. The molecule has 0 aromatic carbocycles. The number of methoxy groups -OCH3 is 1. The zero-order valence-electron chi connectivity index (χ0n) is 7.34. The molecule has 1 N–H and O–H groups in total. The standard InChI is InChI=1S/C8H11N3O2/c1-13-7-2-9-8(10-3-7)11-4-6(12)5-11/h2-3,6,12H,4-5H2,1H3. The van der Waals surface area contributed by atoms with Crippen molar-refractivity contribution < 1.29 is 9.84 Å². The van der Waals surface area contributed by atoms with Crippen LogP contribution in [-0.4, -0.2) is 41.4 Å². The van der Waals surface area contributed by atoms with Crippen LogP contribution in [0.3, 0.4) is 0 Å². The normalized spacial score (nSPS) is 16.9. The van der Waals surface area contributed by atoms with E-state index in [9.17, 15) is 0 Å². The van der Waals surface area contributed by atoms with Crippen LogP contribution >= 0.6 is 0 Å². The molecule has 1 fully saturated rings. The highest BCUT2D eigenvalue weighted by molar-refractivity contribution is 5.35. The smallest absolute Gasteiger partial charge is 0.225 e. The van der Waals surface area contributed by atoms with Gasteiger partial charge in [-0.2, -0.15) is 0 Å². The predicted molar refractivity (Wildman–Crippen MR) is 46.8 cm³/mol. The summed E-state index contributed by atoms with van der Waals surface area (Å²) in [5, 5.41) is 9.06. The second kappa shape index (κ2) is 3.18. The van der Waals surface area contributed by atoms with E-state index in [4.69, 9.17) is 9.84 Å². The largest absolute Gasteiger partial charge is 0.494 e. The van der Waals surface area contributed by atoms with E-state index < -0.39 is 0 Å². The first-order valence-corrected chi connectivity index (χ1v) is 4.08. The van der Waals surface area contributed by atoms with Crippen molar-refractivity contribution in [2.75, 3.05) is 25.1 Å². The van der Waals surface area contributed by atoms with Crippen molar-refractivity contribution in [3.8, 4) is 5.75 Å². The van der Waals surface area contributed by atoms with Gasteiger partial charge in [0.05, 0.1) is 25.6 Å². The van der Waals surface area contributed by atoms with Gasteiger partial charge in [-0.05, 0) is 0 Å². The number of aliphatic hydroxyl groups is 1. The molecule has 0 unspecified atom stereocenters. The van der Waals surface area contributed by atoms with Gasteiger partial charge in [0.25, 0.3) is 0 Å². The number of β-amino-alcohol motifs (C(OH)–C–C–N with tert-alkyl or cyclic N) is 1. The highest BCUT2D eigenvalue weighted by atomic mass is 16.5. The molecule has 5 heteroatoms. The van der Waals surface area contributed by atoms with Gasteiger partial charge in [0.1, 0.15) is 0 Å². The van der Waals surface area contributed by atoms with Crippen LogP contribution in [-0.2, 0) is 0 Å². The summed E-state index contributed by atoms with van der Waals surface area (Å²) in [5.41, 5.74) is 0. The maximum Gasteiger partial charge on any atom is 0.225 e. The van der Waals surface area contributed by atoms with Gasteiger partial charge in [0.2, 0.25) is 5.95 Å². The van der Waals surface area contributed by atoms with Gasteiger partial charge in [0, 0.05) is 13.1 Å². The third kappa shape index (κ3) is 1.55. The number of ether oxygens (including phenoxy) is 1. The van der Waals surface area contributed by atoms with Gasteiger partial charge < -0.3 is 14.7 Å². The minimum absolute atomic E-state index is 0.231. The van der Waals surface area contributed by atoms with Gasteiger partial charge in [-0.3, -0.25) is 0 Å². The summed E-state index contributed by atoms with van der Waals surface area (Å²) >= 11 is 0. The summed E-state index contributed by atoms with van der Waals surface area (Å²) < 4.78 is 4.93. The lowest BCUT2D eigenvalue weighted by atomic mass is 10.2. The fraction of sp³-hybridized carbons (Fsp3) is 0.500. The van der Waals surface area contributed by atoms with Crippen molar-refractivity contribution in [2.45, 2.75) is 6.10 Å². The molecule has 5 nitrogen and oxygen atoms in total. The van der Waals surface area contributed by atoms with Crippen LogP contribution in [0.2, 0.25) is 0 Å². The summed E-state index contributed by atoms with van der Waals surface area (Å²) in [5.74, 6) is 1.29. The molecule has 0 amide bonds. The van der Waals surface area contributed by atoms with Crippen molar-refractivity contribution in [1.82, 2.24) is 9.97 Å². The topological polar surface area (TPSA) is 58.5 Å². The zero-order valence-corrected chi connectivity index (χ0v) is 7.34. The molecule has 1 aliphatic heterocycles. The van der Waals surface area contributed by atoms with Crippen molar-refractivity contribution in [3.63, 3.8) is 0 Å². The number of hydrogen-bond acceptors (Lipinski definition) is 5. The first kappa shape index (κ1) is 8.25. The lowest BCUT2D eigenvalue weighted by molar-refractivity contribution is 0.140. The van der Waals surface area contributed by atoms with E-state index in [0.717, 1.165) is 0 Å². The number of anilines is 1. The molecule has 1 aromatic rings. The predicted octanol–water partition coefficient (Wildman–Crippen LogP) is -0.334. The summed E-state index contributed by atoms with van der Waals surface area (Å²) in [4.78, 5) is 10.1. The Morgan fingerprint density at radius 1 is 1.46 bits per heavy atom. The SMILES string of the molecule is COc1cnc(N2CC(O)C2)nc1. The Balaban J connectivity index is 2.06. The molecule has 13 heavy (non-hydrogen) atoms. The van der Waals surface area contributed by atoms with Crippen LogP contribution in [0, 0.1) is 0 Å². The Morgan fingerprint density at radius 3 is 2.54 bits per heavy atom. The molecular formula is C8H11N3O2. The summed E-state index contributed by atoms with van der Waals surface area (Å²) in [6, 6.07) is 0. The van der Waals surface area contributed by atoms with E-state index in [0.29, 0.717) is 24.8 Å². The van der Waals surface area contributed by atoms with E-state index in [1.54, 1.807) is 19.5 Å². The zero-order chi connectivity index (χ0) is 9.26. The van der Waals surface area contributed by atoms with Crippen LogP contribution in [0.1, 0.15) is 0 Å². The fourth-order valence-corrected chi connectivity index (χ4v) is 1.20. The van der Waals surface area contributed by atoms with Gasteiger partial charge in [-0.25, -0.2) is 9.97 Å². The second-order valence-electron chi connectivity index (χ2n) is 2.98. The van der Waals surface area contributed by atoms with Crippen LogP contribution in [0.4, 0.5) is 5.95 Å². The first-order chi connectivity index (χ1) is 6.29. The summed E-state index contributed by atoms with van der Waals surface area (Å²) in [6.07, 6.45) is 3.01. The minimum Gasteiger partial charge on any atom is -0.494 e. The first-order valence-electron chi connectivity index (χ1n) is 4.08. The fourth-order valence-electron chi connectivity index (χ4n) is 1.20. The van der Waals surface area contributed by atoms with E-state index in [2.05, 4.69) is 9.97 Å². The Hall–Kier alpha value is -1.36. The molecule has 0 saturated carbocycles. The number of aliphatic hydroxyl groups excluding tert-OH is 1. The highest BCUT2D eigenvalue weighted by Gasteiger charge is 2.26. The van der Waals surface area contributed by atoms with Gasteiger partial charge >= 0.3 is 0 Å². The van der Waals surface area contributed by atoms with Crippen molar-refractivity contribution in [3.05, 3.63) is 12.4 Å². The van der Waals surface area contributed by atoms with E-state index in [1.165, 1.54) is 0 Å². The van der Waals surface area contributed by atoms with Crippen molar-refractivity contribution in [2.24, 2.45) is 0 Å². The van der Waals surface area contributed by atoms with Gasteiger partial charge in [-0.15, -0.1) is 0 Å². The molecule has 1 saturated heterocycles. The van der Waals surface area contributed by atoms with Gasteiger partial charge in [0.15, 0.2) is 5.75 Å². The molecule has 0 aliphatic carbocycles. The quantitative estimate of drug-likeness (QED) is 0.676. The monoisotopic (exact) mass is 181 g/mol.